The molecule has 0 bridgehead atoms. The molecule has 4 heteroatoms. The van der Waals surface area contributed by atoms with E-state index in [-0.39, 0.29) is 0 Å². The summed E-state index contributed by atoms with van der Waals surface area (Å²) in [4.78, 5) is 0. The normalized spacial score (nSPS) is 13.3. The maximum Gasteiger partial charge on any atom is 0.135 e. The number of fused-ring (bicyclic) bond motifs is 4. The van der Waals surface area contributed by atoms with Crippen molar-refractivity contribution in [2.45, 2.75) is 39.3 Å². The molecule has 2 heterocycles. The van der Waals surface area contributed by atoms with Crippen molar-refractivity contribution >= 4 is 80.4 Å². The second-order valence-corrected chi connectivity index (χ2v) is 28.5. The lowest BCUT2D eigenvalue weighted by atomic mass is 9.84. The molecule has 0 aromatic heterocycles. The first-order valence-electron chi connectivity index (χ1n) is 20.5. The molecule has 0 radical (unpaired) electrons. The summed E-state index contributed by atoms with van der Waals surface area (Å²) in [6.07, 6.45) is 0. The Labute approximate surface area is 340 Å². The van der Waals surface area contributed by atoms with Crippen LogP contribution in [0.25, 0.3) is 98.4 Å². The number of rotatable bonds is 4. The summed E-state index contributed by atoms with van der Waals surface area (Å²) in [5, 5.41) is 16.1. The molecule has 0 atom stereocenters. The summed E-state index contributed by atoms with van der Waals surface area (Å²) in [7, 11) is -3.71. The monoisotopic (exact) mass is 778 g/mol. The molecule has 0 saturated carbocycles. The van der Waals surface area contributed by atoms with Gasteiger partial charge >= 0.3 is 0 Å². The van der Waals surface area contributed by atoms with E-state index in [1.165, 1.54) is 97.6 Å². The van der Waals surface area contributed by atoms with Crippen molar-refractivity contribution in [1.29, 1.82) is 0 Å². The molecule has 0 unspecified atom stereocenters. The summed E-state index contributed by atoms with van der Waals surface area (Å²) in [6, 6.07) is 54.3. The predicted octanol–water partition coefficient (Wildman–Crippen LogP) is 14.9. The third-order valence-electron chi connectivity index (χ3n) is 12.9. The van der Waals surface area contributed by atoms with Gasteiger partial charge in [0, 0.05) is 21.9 Å². The molecule has 0 saturated heterocycles. The van der Waals surface area contributed by atoms with Crippen LogP contribution in [0.2, 0.25) is 39.3 Å². The molecule has 0 N–H and O–H groups in total. The molecule has 12 rings (SSSR count). The SMILES string of the molecule is C[Si](C)(C)c1cc(-c2ccc3c4c(cccc24)-c2ccccc2O3)c2ccc3c([Si](C)(C)C)cc(-c4ccc5c6c(cccc46)-c4ccccc4O5)c4ccc1c2c43. The first-order chi connectivity index (χ1) is 28.0. The van der Waals surface area contributed by atoms with Crippen LogP contribution in [0.4, 0.5) is 0 Å². The van der Waals surface area contributed by atoms with E-state index in [9.17, 15) is 0 Å². The summed E-state index contributed by atoms with van der Waals surface area (Å²) in [5.41, 5.74) is 9.90. The van der Waals surface area contributed by atoms with E-state index in [1.54, 1.807) is 0 Å². The van der Waals surface area contributed by atoms with Crippen LogP contribution >= 0.6 is 0 Å². The fraction of sp³-hybridized carbons (Fsp3) is 0.111. The van der Waals surface area contributed by atoms with Crippen molar-refractivity contribution < 1.29 is 9.47 Å². The molecule has 0 aliphatic carbocycles. The Morgan fingerprint density at radius 3 is 1.09 bits per heavy atom. The zero-order valence-electron chi connectivity index (χ0n) is 33.7. The number of ether oxygens (including phenoxy) is 2. The highest BCUT2D eigenvalue weighted by Gasteiger charge is 2.30. The lowest BCUT2D eigenvalue weighted by Crippen LogP contribution is -2.39. The van der Waals surface area contributed by atoms with Crippen LogP contribution in [-0.4, -0.2) is 16.1 Å². The Kier molecular flexibility index (Phi) is 6.83. The van der Waals surface area contributed by atoms with E-state index in [4.69, 9.17) is 9.47 Å². The summed E-state index contributed by atoms with van der Waals surface area (Å²) in [6.45, 7) is 15.0. The Hall–Kier alpha value is -6.21. The second-order valence-electron chi connectivity index (χ2n) is 18.4. The molecule has 10 aromatic carbocycles. The van der Waals surface area contributed by atoms with E-state index in [2.05, 4.69) is 185 Å². The fourth-order valence-electron chi connectivity index (χ4n) is 10.3. The molecular formula is C54H42O2Si2. The highest BCUT2D eigenvalue weighted by molar-refractivity contribution is 6.91. The number of hydrogen-bond donors (Lipinski definition) is 0. The van der Waals surface area contributed by atoms with Gasteiger partial charge in [0.05, 0.1) is 16.1 Å². The standard InChI is InChI=1S/C54H42O2Si2/c1-57(2,3)49-29-43(31-25-27-47-51-35(31)15-11-17-37(51)33-13-7-9-19-45(33)55-47)39-22-24-42-50(58(4,5)6)30-44(40-21-23-41(49)53(39)54(40)42)32-26-28-48-52-36(32)16-12-18-38(52)34-14-8-10-20-46(34)56-48/h7-30H,1-6H3. The first kappa shape index (κ1) is 33.9. The number of hydrogen-bond acceptors (Lipinski definition) is 2. The Morgan fingerprint density at radius 1 is 0.276 bits per heavy atom. The summed E-state index contributed by atoms with van der Waals surface area (Å²) < 4.78 is 13.1. The Balaban J connectivity index is 1.20. The van der Waals surface area contributed by atoms with Gasteiger partial charge in [-0.05, 0) is 101 Å². The molecule has 58 heavy (non-hydrogen) atoms. The highest BCUT2D eigenvalue weighted by atomic mass is 28.3. The average molecular weight is 779 g/mol. The minimum absolute atomic E-state index is 0.918. The van der Waals surface area contributed by atoms with Gasteiger partial charge in [0.2, 0.25) is 0 Å². The molecular weight excluding hydrogens is 737 g/mol. The molecule has 2 nitrogen and oxygen atoms in total. The first-order valence-corrected chi connectivity index (χ1v) is 27.5. The van der Waals surface area contributed by atoms with E-state index in [1.807, 2.05) is 0 Å². The van der Waals surface area contributed by atoms with Gasteiger partial charge < -0.3 is 9.47 Å². The summed E-state index contributed by atoms with van der Waals surface area (Å²) >= 11 is 0. The Morgan fingerprint density at radius 2 is 0.655 bits per heavy atom. The zero-order valence-corrected chi connectivity index (χ0v) is 35.7. The van der Waals surface area contributed by atoms with Crippen molar-refractivity contribution in [2.24, 2.45) is 0 Å². The topological polar surface area (TPSA) is 18.5 Å². The van der Waals surface area contributed by atoms with Gasteiger partial charge in [-0.15, -0.1) is 0 Å². The van der Waals surface area contributed by atoms with Crippen molar-refractivity contribution in [1.82, 2.24) is 0 Å². The quantitative estimate of drug-likeness (QED) is 0.131. The minimum atomic E-state index is -1.86. The lowest BCUT2D eigenvalue weighted by Gasteiger charge is -2.28. The van der Waals surface area contributed by atoms with Crippen LogP contribution < -0.4 is 19.8 Å². The van der Waals surface area contributed by atoms with Crippen molar-refractivity contribution in [3.8, 4) is 67.5 Å². The Bertz CT molecular complexity index is 3190. The van der Waals surface area contributed by atoms with Crippen LogP contribution in [0.15, 0.2) is 146 Å². The van der Waals surface area contributed by atoms with Gasteiger partial charge in [0.1, 0.15) is 23.0 Å². The fourth-order valence-corrected chi connectivity index (χ4v) is 13.5. The summed E-state index contributed by atoms with van der Waals surface area (Å²) in [5.74, 6) is 3.69. The van der Waals surface area contributed by atoms with E-state index in [0.717, 1.165) is 34.1 Å². The largest absolute Gasteiger partial charge is 0.456 e. The smallest absolute Gasteiger partial charge is 0.135 e. The lowest BCUT2D eigenvalue weighted by molar-refractivity contribution is 0.487. The van der Waals surface area contributed by atoms with Gasteiger partial charge in [0.25, 0.3) is 0 Å². The predicted molar refractivity (Wildman–Crippen MR) is 253 cm³/mol. The maximum absolute atomic E-state index is 6.57. The zero-order chi connectivity index (χ0) is 39.2. The molecule has 2 aliphatic rings. The van der Waals surface area contributed by atoms with E-state index < -0.39 is 16.1 Å². The molecule has 0 spiro atoms. The minimum Gasteiger partial charge on any atom is -0.456 e. The van der Waals surface area contributed by atoms with Gasteiger partial charge in [-0.3, -0.25) is 0 Å². The van der Waals surface area contributed by atoms with Crippen molar-refractivity contribution in [3.05, 3.63) is 146 Å². The number of benzene rings is 10. The van der Waals surface area contributed by atoms with Gasteiger partial charge in [-0.2, -0.15) is 0 Å². The molecule has 278 valence electrons. The van der Waals surface area contributed by atoms with Crippen LogP contribution in [0.5, 0.6) is 23.0 Å². The second kappa shape index (κ2) is 11.7. The van der Waals surface area contributed by atoms with E-state index >= 15 is 0 Å². The van der Waals surface area contributed by atoms with Crippen LogP contribution in [0, 0.1) is 0 Å². The highest BCUT2D eigenvalue weighted by Crippen LogP contribution is 2.52. The van der Waals surface area contributed by atoms with Gasteiger partial charge in [0.15, 0.2) is 0 Å². The molecule has 0 fully saturated rings. The molecule has 2 aliphatic heterocycles. The van der Waals surface area contributed by atoms with Crippen LogP contribution in [-0.2, 0) is 0 Å². The maximum atomic E-state index is 6.57. The molecule has 10 aromatic rings. The molecule has 0 amide bonds. The average Bonchev–Trinajstić information content (AvgIpc) is 3.22. The van der Waals surface area contributed by atoms with Gasteiger partial charge in [-0.25, -0.2) is 0 Å². The van der Waals surface area contributed by atoms with Gasteiger partial charge in [-0.1, -0.05) is 171 Å². The van der Waals surface area contributed by atoms with Crippen molar-refractivity contribution in [3.63, 3.8) is 0 Å². The van der Waals surface area contributed by atoms with Crippen molar-refractivity contribution in [2.75, 3.05) is 0 Å². The van der Waals surface area contributed by atoms with Crippen LogP contribution in [0.1, 0.15) is 0 Å². The van der Waals surface area contributed by atoms with Crippen LogP contribution in [0.3, 0.4) is 0 Å². The van der Waals surface area contributed by atoms with E-state index in [0.29, 0.717) is 0 Å². The third-order valence-corrected chi connectivity index (χ3v) is 17.0. The number of para-hydroxylation sites is 2. The third kappa shape index (κ3) is 4.64.